The van der Waals surface area contributed by atoms with Crippen molar-refractivity contribution in [2.45, 2.75) is 19.8 Å². The second kappa shape index (κ2) is 8.56. The normalized spacial score (nSPS) is 12.6. The SMILES string of the molecule is Cc1ccc(NC(=O)CN(C)C(=O)COc2ccc3c(c2)CCC(=O)N3)cc1. The first-order chi connectivity index (χ1) is 13.4. The van der Waals surface area contributed by atoms with Crippen molar-refractivity contribution < 1.29 is 19.1 Å². The van der Waals surface area contributed by atoms with E-state index in [1.165, 1.54) is 4.90 Å². The van der Waals surface area contributed by atoms with E-state index in [-0.39, 0.29) is 30.9 Å². The number of carbonyl (C=O) groups excluding carboxylic acids is 3. The highest BCUT2D eigenvalue weighted by Gasteiger charge is 2.17. The molecule has 0 atom stereocenters. The summed E-state index contributed by atoms with van der Waals surface area (Å²) in [5.41, 5.74) is 3.55. The number of amides is 3. The fraction of sp³-hybridized carbons (Fsp3) is 0.286. The zero-order chi connectivity index (χ0) is 20.1. The van der Waals surface area contributed by atoms with Gasteiger partial charge in [0.1, 0.15) is 5.75 Å². The number of likely N-dealkylation sites (N-methyl/N-ethyl adjacent to an activating group) is 1. The van der Waals surface area contributed by atoms with Gasteiger partial charge in [-0.1, -0.05) is 17.7 Å². The van der Waals surface area contributed by atoms with Crippen molar-refractivity contribution in [2.75, 3.05) is 30.8 Å². The molecule has 0 bridgehead atoms. The number of anilines is 2. The van der Waals surface area contributed by atoms with Crippen LogP contribution in [0.2, 0.25) is 0 Å². The van der Waals surface area contributed by atoms with Crippen molar-refractivity contribution in [3.8, 4) is 5.75 Å². The van der Waals surface area contributed by atoms with Crippen LogP contribution in [0.5, 0.6) is 5.75 Å². The van der Waals surface area contributed by atoms with Crippen LogP contribution in [0.15, 0.2) is 42.5 Å². The van der Waals surface area contributed by atoms with E-state index in [0.29, 0.717) is 24.3 Å². The predicted octanol–water partition coefficient (Wildman–Crippen LogP) is 2.36. The molecule has 7 heteroatoms. The lowest BCUT2D eigenvalue weighted by molar-refractivity contribution is -0.135. The van der Waals surface area contributed by atoms with Crippen LogP contribution in [-0.2, 0) is 20.8 Å². The van der Waals surface area contributed by atoms with Crippen molar-refractivity contribution in [2.24, 2.45) is 0 Å². The molecule has 0 radical (unpaired) electrons. The topological polar surface area (TPSA) is 87.7 Å². The highest BCUT2D eigenvalue weighted by Crippen LogP contribution is 2.26. The molecule has 146 valence electrons. The smallest absolute Gasteiger partial charge is 0.260 e. The molecule has 0 unspecified atom stereocenters. The largest absolute Gasteiger partial charge is 0.484 e. The molecule has 0 spiro atoms. The molecule has 7 nitrogen and oxygen atoms in total. The summed E-state index contributed by atoms with van der Waals surface area (Å²) in [5.74, 6) is -0.0167. The summed E-state index contributed by atoms with van der Waals surface area (Å²) in [6, 6.07) is 12.7. The van der Waals surface area contributed by atoms with Gasteiger partial charge in [-0.2, -0.15) is 0 Å². The molecule has 1 heterocycles. The Morgan fingerprint density at radius 2 is 1.89 bits per heavy atom. The van der Waals surface area contributed by atoms with E-state index in [2.05, 4.69) is 10.6 Å². The first-order valence-electron chi connectivity index (χ1n) is 9.07. The number of hydrogen-bond donors (Lipinski definition) is 2. The van der Waals surface area contributed by atoms with Gasteiger partial charge >= 0.3 is 0 Å². The third-order valence-corrected chi connectivity index (χ3v) is 4.48. The molecule has 0 aliphatic carbocycles. The molecular weight excluding hydrogens is 358 g/mol. The van der Waals surface area contributed by atoms with E-state index in [0.717, 1.165) is 16.8 Å². The quantitative estimate of drug-likeness (QED) is 0.804. The maximum Gasteiger partial charge on any atom is 0.260 e. The lowest BCUT2D eigenvalue weighted by atomic mass is 10.0. The highest BCUT2D eigenvalue weighted by atomic mass is 16.5. The molecule has 28 heavy (non-hydrogen) atoms. The molecule has 2 aromatic rings. The van der Waals surface area contributed by atoms with Crippen molar-refractivity contribution in [3.05, 3.63) is 53.6 Å². The maximum absolute atomic E-state index is 12.2. The number of nitrogens with one attached hydrogen (secondary N) is 2. The first kappa shape index (κ1) is 19.4. The van der Waals surface area contributed by atoms with Crippen LogP contribution in [0.4, 0.5) is 11.4 Å². The fourth-order valence-corrected chi connectivity index (χ4v) is 2.85. The Labute approximate surface area is 163 Å². The molecule has 0 saturated heterocycles. The summed E-state index contributed by atoms with van der Waals surface area (Å²) >= 11 is 0. The van der Waals surface area contributed by atoms with E-state index >= 15 is 0 Å². The van der Waals surface area contributed by atoms with Crippen LogP contribution in [-0.4, -0.2) is 42.8 Å². The summed E-state index contributed by atoms with van der Waals surface area (Å²) in [5, 5.41) is 5.56. The minimum absolute atomic E-state index is 0.00175. The van der Waals surface area contributed by atoms with Gasteiger partial charge in [0.15, 0.2) is 6.61 Å². The second-order valence-corrected chi connectivity index (χ2v) is 6.82. The average molecular weight is 381 g/mol. The number of ether oxygens (including phenoxy) is 1. The zero-order valence-electron chi connectivity index (χ0n) is 16.0. The lowest BCUT2D eigenvalue weighted by Gasteiger charge is -2.19. The first-order valence-corrected chi connectivity index (χ1v) is 9.07. The molecule has 3 amide bonds. The number of nitrogens with zero attached hydrogens (tertiary/aromatic N) is 1. The molecule has 0 fully saturated rings. The zero-order valence-corrected chi connectivity index (χ0v) is 16.0. The van der Waals surface area contributed by atoms with Gasteiger partial charge in [0.25, 0.3) is 5.91 Å². The Morgan fingerprint density at radius 3 is 2.64 bits per heavy atom. The number of benzene rings is 2. The van der Waals surface area contributed by atoms with E-state index in [1.807, 2.05) is 37.3 Å². The lowest BCUT2D eigenvalue weighted by Crippen LogP contribution is -2.37. The van der Waals surface area contributed by atoms with Crippen LogP contribution in [0.25, 0.3) is 0 Å². The Hall–Kier alpha value is -3.35. The summed E-state index contributed by atoms with van der Waals surface area (Å²) in [6.45, 7) is 1.74. The van der Waals surface area contributed by atoms with E-state index in [4.69, 9.17) is 4.74 Å². The van der Waals surface area contributed by atoms with Gasteiger partial charge in [0, 0.05) is 24.8 Å². The Bertz CT molecular complexity index is 893. The van der Waals surface area contributed by atoms with Crippen LogP contribution < -0.4 is 15.4 Å². The van der Waals surface area contributed by atoms with Crippen LogP contribution in [0.3, 0.4) is 0 Å². The summed E-state index contributed by atoms with van der Waals surface area (Å²) in [4.78, 5) is 37.1. The molecule has 2 aromatic carbocycles. The van der Waals surface area contributed by atoms with Gasteiger partial charge in [-0.25, -0.2) is 0 Å². The van der Waals surface area contributed by atoms with Crippen LogP contribution in [0, 0.1) is 6.92 Å². The van der Waals surface area contributed by atoms with Gasteiger partial charge in [-0.3, -0.25) is 14.4 Å². The molecule has 2 N–H and O–H groups in total. The van der Waals surface area contributed by atoms with Gasteiger partial charge < -0.3 is 20.3 Å². The monoisotopic (exact) mass is 381 g/mol. The maximum atomic E-state index is 12.2. The minimum Gasteiger partial charge on any atom is -0.484 e. The Kier molecular flexibility index (Phi) is 5.93. The van der Waals surface area contributed by atoms with Crippen molar-refractivity contribution in [3.63, 3.8) is 0 Å². The number of carbonyl (C=O) groups is 3. The van der Waals surface area contributed by atoms with Gasteiger partial charge in [-0.15, -0.1) is 0 Å². The molecule has 1 aliphatic rings. The van der Waals surface area contributed by atoms with Crippen LogP contribution in [0.1, 0.15) is 17.5 Å². The summed E-state index contributed by atoms with van der Waals surface area (Å²) in [7, 11) is 1.56. The van der Waals surface area contributed by atoms with E-state index in [1.54, 1.807) is 19.2 Å². The third-order valence-electron chi connectivity index (χ3n) is 4.48. The molecule has 1 aliphatic heterocycles. The van der Waals surface area contributed by atoms with Gasteiger partial charge in [-0.05, 0) is 49.2 Å². The Morgan fingerprint density at radius 1 is 1.14 bits per heavy atom. The Balaban J connectivity index is 1.48. The fourth-order valence-electron chi connectivity index (χ4n) is 2.85. The third kappa shape index (κ3) is 5.09. The minimum atomic E-state index is -0.301. The van der Waals surface area contributed by atoms with Crippen molar-refractivity contribution in [1.29, 1.82) is 0 Å². The number of aryl methyl sites for hydroxylation is 2. The molecular formula is C21H23N3O4. The standard InChI is InChI=1S/C21H23N3O4/c1-14-3-6-16(7-4-14)22-20(26)12-24(2)21(27)13-28-17-8-9-18-15(11-17)5-10-19(25)23-18/h3-4,6-9,11H,5,10,12-13H2,1-2H3,(H,22,26)(H,23,25). The van der Waals surface area contributed by atoms with Crippen molar-refractivity contribution >= 4 is 29.1 Å². The number of rotatable bonds is 6. The van der Waals surface area contributed by atoms with Gasteiger partial charge in [0.2, 0.25) is 11.8 Å². The van der Waals surface area contributed by atoms with Crippen LogP contribution >= 0.6 is 0 Å². The van der Waals surface area contributed by atoms with Crippen molar-refractivity contribution in [1.82, 2.24) is 4.90 Å². The average Bonchev–Trinajstić information content (AvgIpc) is 2.67. The second-order valence-electron chi connectivity index (χ2n) is 6.82. The summed E-state index contributed by atoms with van der Waals surface area (Å²) < 4.78 is 5.56. The number of fused-ring (bicyclic) bond motifs is 1. The number of hydrogen-bond acceptors (Lipinski definition) is 4. The van der Waals surface area contributed by atoms with Gasteiger partial charge in [0.05, 0.1) is 6.54 Å². The molecule has 0 saturated carbocycles. The van der Waals surface area contributed by atoms with E-state index in [9.17, 15) is 14.4 Å². The predicted molar refractivity (Wildman–Crippen MR) is 106 cm³/mol. The highest BCUT2D eigenvalue weighted by molar-refractivity contribution is 5.95. The molecule has 0 aromatic heterocycles. The summed E-state index contributed by atoms with van der Waals surface area (Å²) in [6.07, 6.45) is 1.08. The molecule has 3 rings (SSSR count). The van der Waals surface area contributed by atoms with E-state index < -0.39 is 0 Å².